The standard InChI is InChI=1S/C25H24ClN3O6S/c1-3-22(36(34,35)17-7-5-4-6-8-17)24(31)27-19-14-21(30)20(13-18(19)26)28-25(32)23(29-33)16-11-9-15(2)10-12-16/h4-14,22,30,33H,3H2,1-2H3,(H,27,31)(H,28,32)/b29-23+. The van der Waals surface area contributed by atoms with E-state index in [1.54, 1.807) is 49.4 Å². The normalized spacial score (nSPS) is 12.6. The van der Waals surface area contributed by atoms with Crippen molar-refractivity contribution in [1.82, 2.24) is 0 Å². The third-order valence-electron chi connectivity index (χ3n) is 5.34. The Kier molecular flexibility index (Phi) is 8.33. The first-order valence-electron chi connectivity index (χ1n) is 10.8. The molecule has 0 saturated heterocycles. The predicted molar refractivity (Wildman–Crippen MR) is 138 cm³/mol. The number of hydrogen-bond acceptors (Lipinski definition) is 7. The second-order valence-corrected chi connectivity index (χ2v) is 10.4. The number of aromatic hydroxyl groups is 1. The van der Waals surface area contributed by atoms with Gasteiger partial charge in [0.2, 0.25) is 5.91 Å². The lowest BCUT2D eigenvalue weighted by molar-refractivity contribution is -0.116. The average molecular weight is 530 g/mol. The molecular formula is C25H24ClN3O6S. The second kappa shape index (κ2) is 11.2. The molecule has 0 heterocycles. The highest BCUT2D eigenvalue weighted by atomic mass is 35.5. The van der Waals surface area contributed by atoms with E-state index in [0.717, 1.165) is 11.6 Å². The third kappa shape index (κ3) is 5.84. The number of benzene rings is 3. The first kappa shape index (κ1) is 26.7. The lowest BCUT2D eigenvalue weighted by Gasteiger charge is -2.17. The van der Waals surface area contributed by atoms with Gasteiger partial charge in [-0.05, 0) is 31.5 Å². The molecule has 9 nitrogen and oxygen atoms in total. The fraction of sp³-hybridized carbons (Fsp3) is 0.160. The molecule has 0 aliphatic heterocycles. The Balaban J connectivity index is 1.80. The van der Waals surface area contributed by atoms with Crippen LogP contribution in [0.5, 0.6) is 5.75 Å². The van der Waals surface area contributed by atoms with Crippen molar-refractivity contribution >= 4 is 50.3 Å². The van der Waals surface area contributed by atoms with Crippen LogP contribution in [0.4, 0.5) is 11.4 Å². The predicted octanol–water partition coefficient (Wildman–Crippen LogP) is 4.36. The van der Waals surface area contributed by atoms with Crippen LogP contribution >= 0.6 is 11.6 Å². The maximum atomic E-state index is 12.9. The van der Waals surface area contributed by atoms with E-state index >= 15 is 0 Å². The minimum atomic E-state index is -3.97. The number of halogens is 1. The topological polar surface area (TPSA) is 145 Å². The summed E-state index contributed by atoms with van der Waals surface area (Å²) in [7, 11) is -3.97. The van der Waals surface area contributed by atoms with Crippen molar-refractivity contribution < 1.29 is 28.3 Å². The summed E-state index contributed by atoms with van der Waals surface area (Å²) in [5.41, 5.74) is 0.842. The van der Waals surface area contributed by atoms with E-state index < -0.39 is 32.7 Å². The molecule has 3 aromatic carbocycles. The van der Waals surface area contributed by atoms with E-state index in [1.165, 1.54) is 18.2 Å². The number of rotatable bonds is 8. The van der Waals surface area contributed by atoms with Gasteiger partial charge in [-0.3, -0.25) is 9.59 Å². The summed E-state index contributed by atoms with van der Waals surface area (Å²) >= 11 is 6.25. The van der Waals surface area contributed by atoms with Crippen molar-refractivity contribution in [2.24, 2.45) is 5.16 Å². The molecule has 0 radical (unpaired) electrons. The first-order valence-corrected chi connectivity index (χ1v) is 12.7. The first-order chi connectivity index (χ1) is 17.1. The summed E-state index contributed by atoms with van der Waals surface area (Å²) in [5.74, 6) is -2.10. The van der Waals surface area contributed by atoms with Gasteiger partial charge in [0.1, 0.15) is 11.0 Å². The van der Waals surface area contributed by atoms with Gasteiger partial charge in [-0.1, -0.05) is 71.7 Å². The molecule has 2 amide bonds. The van der Waals surface area contributed by atoms with Crippen LogP contribution in [0.25, 0.3) is 0 Å². The van der Waals surface area contributed by atoms with Gasteiger partial charge in [-0.25, -0.2) is 8.42 Å². The van der Waals surface area contributed by atoms with Gasteiger partial charge in [0, 0.05) is 11.6 Å². The minimum absolute atomic E-state index is 0.00306. The molecule has 11 heteroatoms. The van der Waals surface area contributed by atoms with E-state index in [0.29, 0.717) is 5.56 Å². The highest BCUT2D eigenvalue weighted by Gasteiger charge is 2.33. The van der Waals surface area contributed by atoms with Gasteiger partial charge in [0.05, 0.1) is 21.3 Å². The zero-order valence-electron chi connectivity index (χ0n) is 19.4. The quantitative estimate of drug-likeness (QED) is 0.148. The smallest absolute Gasteiger partial charge is 0.278 e. The van der Waals surface area contributed by atoms with Crippen LogP contribution < -0.4 is 10.6 Å². The Labute approximate surface area is 213 Å². The number of oxime groups is 1. The van der Waals surface area contributed by atoms with Crippen molar-refractivity contribution in [2.45, 2.75) is 30.4 Å². The summed E-state index contributed by atoms with van der Waals surface area (Å²) in [6.45, 7) is 3.43. The van der Waals surface area contributed by atoms with Crippen LogP contribution in [-0.4, -0.2) is 41.5 Å². The van der Waals surface area contributed by atoms with E-state index in [2.05, 4.69) is 15.8 Å². The van der Waals surface area contributed by atoms with Crippen molar-refractivity contribution in [3.05, 3.63) is 82.9 Å². The molecule has 1 atom stereocenters. The van der Waals surface area contributed by atoms with Crippen LogP contribution in [0, 0.1) is 6.92 Å². The lowest BCUT2D eigenvalue weighted by atomic mass is 10.1. The Morgan fingerprint density at radius 2 is 1.64 bits per heavy atom. The van der Waals surface area contributed by atoms with Crippen molar-refractivity contribution in [3.63, 3.8) is 0 Å². The lowest BCUT2D eigenvalue weighted by Crippen LogP contribution is -2.34. The molecule has 0 aliphatic rings. The largest absolute Gasteiger partial charge is 0.506 e. The average Bonchev–Trinajstić information content (AvgIpc) is 2.84. The molecular weight excluding hydrogens is 506 g/mol. The summed E-state index contributed by atoms with van der Waals surface area (Å²) in [5, 5.41) is 26.2. The van der Waals surface area contributed by atoms with Crippen LogP contribution in [0.1, 0.15) is 24.5 Å². The van der Waals surface area contributed by atoms with Crippen molar-refractivity contribution in [2.75, 3.05) is 10.6 Å². The summed E-state index contributed by atoms with van der Waals surface area (Å²) < 4.78 is 25.9. The number of phenolic OH excluding ortho intramolecular Hbond substituents is 1. The molecule has 1 unspecified atom stereocenters. The number of sulfone groups is 1. The van der Waals surface area contributed by atoms with E-state index in [9.17, 15) is 28.3 Å². The number of phenols is 1. The molecule has 0 bridgehead atoms. The molecule has 0 aromatic heterocycles. The molecule has 3 aromatic rings. The molecule has 0 aliphatic carbocycles. The SMILES string of the molecule is CCC(C(=O)Nc1cc(O)c(NC(=O)/C(=N/O)c2ccc(C)cc2)cc1Cl)S(=O)(=O)c1ccccc1. The minimum Gasteiger partial charge on any atom is -0.506 e. The van der Waals surface area contributed by atoms with Crippen molar-refractivity contribution in [1.29, 1.82) is 0 Å². The Bertz CT molecular complexity index is 1410. The number of carbonyl (C=O) groups excluding carboxylic acids is 2. The summed E-state index contributed by atoms with van der Waals surface area (Å²) in [6.07, 6.45) is 0.00306. The number of aryl methyl sites for hydroxylation is 1. The van der Waals surface area contributed by atoms with Gasteiger partial charge in [0.25, 0.3) is 5.91 Å². The van der Waals surface area contributed by atoms with E-state index in [4.69, 9.17) is 11.6 Å². The second-order valence-electron chi connectivity index (χ2n) is 7.86. The van der Waals surface area contributed by atoms with Gasteiger partial charge >= 0.3 is 0 Å². The van der Waals surface area contributed by atoms with Crippen LogP contribution in [0.15, 0.2) is 76.8 Å². The van der Waals surface area contributed by atoms with Gasteiger partial charge in [0.15, 0.2) is 15.5 Å². The molecule has 0 saturated carbocycles. The molecule has 4 N–H and O–H groups in total. The van der Waals surface area contributed by atoms with Crippen LogP contribution in [0.2, 0.25) is 5.02 Å². The number of nitrogens with one attached hydrogen (secondary N) is 2. The van der Waals surface area contributed by atoms with E-state index in [-0.39, 0.29) is 33.4 Å². The molecule has 3 rings (SSSR count). The highest BCUT2D eigenvalue weighted by Crippen LogP contribution is 2.34. The van der Waals surface area contributed by atoms with Crippen LogP contribution in [0.3, 0.4) is 0 Å². The van der Waals surface area contributed by atoms with Gasteiger partial charge in [-0.2, -0.15) is 0 Å². The Morgan fingerprint density at radius 3 is 2.22 bits per heavy atom. The van der Waals surface area contributed by atoms with Gasteiger partial charge < -0.3 is 20.9 Å². The molecule has 0 fully saturated rings. The molecule has 36 heavy (non-hydrogen) atoms. The zero-order valence-corrected chi connectivity index (χ0v) is 21.0. The van der Waals surface area contributed by atoms with Crippen molar-refractivity contribution in [3.8, 4) is 5.75 Å². The maximum absolute atomic E-state index is 12.9. The maximum Gasteiger partial charge on any atom is 0.278 e. The number of anilines is 2. The Hall–Kier alpha value is -3.89. The van der Waals surface area contributed by atoms with Gasteiger partial charge in [-0.15, -0.1) is 0 Å². The summed E-state index contributed by atoms with van der Waals surface area (Å²) in [4.78, 5) is 25.5. The fourth-order valence-corrected chi connectivity index (χ4v) is 5.27. The third-order valence-corrected chi connectivity index (χ3v) is 7.88. The van der Waals surface area contributed by atoms with E-state index in [1.807, 2.05) is 6.92 Å². The number of hydrogen-bond donors (Lipinski definition) is 4. The summed E-state index contributed by atoms with van der Waals surface area (Å²) in [6, 6.07) is 16.5. The number of carbonyl (C=O) groups is 2. The number of amides is 2. The fourth-order valence-electron chi connectivity index (χ4n) is 3.42. The monoisotopic (exact) mass is 529 g/mol. The molecule has 188 valence electrons. The molecule has 0 spiro atoms. The number of nitrogens with zero attached hydrogens (tertiary/aromatic N) is 1. The highest BCUT2D eigenvalue weighted by molar-refractivity contribution is 7.92. The Morgan fingerprint density at radius 1 is 1.00 bits per heavy atom. The zero-order chi connectivity index (χ0) is 26.5. The van der Waals surface area contributed by atoms with Crippen LogP contribution in [-0.2, 0) is 19.4 Å².